The molecule has 0 aliphatic carbocycles. The van der Waals surface area contributed by atoms with Crippen molar-refractivity contribution in [1.82, 2.24) is 14.5 Å². The fraction of sp³-hybridized carbons (Fsp3) is 0.385. The van der Waals surface area contributed by atoms with Crippen LogP contribution in [0, 0.1) is 0 Å². The van der Waals surface area contributed by atoms with Crippen molar-refractivity contribution in [3.05, 3.63) is 41.2 Å². The lowest BCUT2D eigenvalue weighted by Gasteiger charge is -2.42. The van der Waals surface area contributed by atoms with E-state index in [2.05, 4.69) is 25.9 Å². The zero-order valence-corrected chi connectivity index (χ0v) is 12.6. The minimum absolute atomic E-state index is 0.171. The van der Waals surface area contributed by atoms with Gasteiger partial charge in [-0.3, -0.25) is 4.98 Å². The van der Waals surface area contributed by atoms with Gasteiger partial charge in [-0.15, -0.1) is 0 Å². The van der Waals surface area contributed by atoms with Gasteiger partial charge in [-0.05, 0) is 28.9 Å². The summed E-state index contributed by atoms with van der Waals surface area (Å²) >= 11 is 3.25. The molecule has 21 heavy (non-hydrogen) atoms. The average molecular weight is 361 g/mol. The van der Waals surface area contributed by atoms with Crippen LogP contribution in [0.1, 0.15) is 18.8 Å². The fourth-order valence-corrected chi connectivity index (χ4v) is 3.07. The molecule has 4 nitrogen and oxygen atoms in total. The molecule has 2 aromatic rings. The van der Waals surface area contributed by atoms with E-state index in [4.69, 9.17) is 0 Å². The molecule has 0 fully saturated rings. The van der Waals surface area contributed by atoms with Crippen LogP contribution in [0.4, 0.5) is 18.9 Å². The summed E-state index contributed by atoms with van der Waals surface area (Å²) in [6, 6.07) is -0.456. The Morgan fingerprint density at radius 3 is 2.76 bits per heavy atom. The third-order valence-corrected chi connectivity index (χ3v) is 4.04. The lowest BCUT2D eigenvalue weighted by atomic mass is 10.1. The van der Waals surface area contributed by atoms with Crippen LogP contribution in [0.15, 0.2) is 35.3 Å². The van der Waals surface area contributed by atoms with Crippen LogP contribution in [0.25, 0.3) is 0 Å². The number of anilines is 1. The summed E-state index contributed by atoms with van der Waals surface area (Å²) in [5.41, 5.74) is 0.424. The van der Waals surface area contributed by atoms with E-state index in [9.17, 15) is 13.2 Å². The van der Waals surface area contributed by atoms with Crippen LogP contribution < -0.4 is 4.90 Å². The second kappa shape index (κ2) is 5.01. The van der Waals surface area contributed by atoms with Crippen molar-refractivity contribution in [3.63, 3.8) is 0 Å². The Kier molecular flexibility index (Phi) is 3.43. The summed E-state index contributed by atoms with van der Waals surface area (Å²) < 4.78 is 42.5. The van der Waals surface area contributed by atoms with Crippen LogP contribution in [-0.2, 0) is 6.54 Å². The number of rotatable bonds is 1. The van der Waals surface area contributed by atoms with Crippen LogP contribution >= 0.6 is 15.9 Å². The molecule has 2 unspecified atom stereocenters. The van der Waals surface area contributed by atoms with Gasteiger partial charge in [-0.2, -0.15) is 13.2 Å². The number of fused-ring (bicyclic) bond motifs is 1. The van der Waals surface area contributed by atoms with E-state index in [1.807, 2.05) is 0 Å². The Hall–Kier alpha value is -1.57. The first-order valence-corrected chi connectivity index (χ1v) is 7.14. The summed E-state index contributed by atoms with van der Waals surface area (Å²) in [4.78, 5) is 9.48. The zero-order valence-electron chi connectivity index (χ0n) is 11.0. The summed E-state index contributed by atoms with van der Waals surface area (Å²) in [5.74, 6) is 0.621. The SMILES string of the molecule is CC1c2nccn2CC(C(F)(F)F)N1c1cncc(Br)c1. The maximum atomic E-state index is 13.4. The number of hydrogen-bond acceptors (Lipinski definition) is 3. The molecule has 1 aliphatic rings. The van der Waals surface area contributed by atoms with Crippen molar-refractivity contribution in [2.45, 2.75) is 31.7 Å². The molecule has 0 saturated heterocycles. The molecule has 0 spiro atoms. The first kappa shape index (κ1) is 14.4. The minimum Gasteiger partial charge on any atom is -0.347 e. The molecular weight excluding hydrogens is 349 g/mol. The van der Waals surface area contributed by atoms with E-state index in [0.717, 1.165) is 0 Å². The summed E-state index contributed by atoms with van der Waals surface area (Å²) in [7, 11) is 0. The summed E-state index contributed by atoms with van der Waals surface area (Å²) in [6.07, 6.45) is 1.77. The van der Waals surface area contributed by atoms with E-state index in [1.54, 1.807) is 30.0 Å². The average Bonchev–Trinajstić information content (AvgIpc) is 2.86. The molecule has 0 saturated carbocycles. The van der Waals surface area contributed by atoms with Gasteiger partial charge in [0.05, 0.1) is 24.5 Å². The monoisotopic (exact) mass is 360 g/mol. The van der Waals surface area contributed by atoms with Gasteiger partial charge in [-0.1, -0.05) is 0 Å². The van der Waals surface area contributed by atoms with Crippen LogP contribution in [0.3, 0.4) is 0 Å². The van der Waals surface area contributed by atoms with Gasteiger partial charge in [0.1, 0.15) is 11.9 Å². The Morgan fingerprint density at radius 1 is 1.33 bits per heavy atom. The fourth-order valence-electron chi connectivity index (χ4n) is 2.72. The highest BCUT2D eigenvalue weighted by Crippen LogP contribution is 2.39. The molecule has 1 aliphatic heterocycles. The Balaban J connectivity index is 2.10. The molecule has 2 atom stereocenters. The van der Waals surface area contributed by atoms with Gasteiger partial charge in [-0.25, -0.2) is 4.98 Å². The number of imidazole rings is 1. The van der Waals surface area contributed by atoms with Crippen LogP contribution in [0.5, 0.6) is 0 Å². The third kappa shape index (κ3) is 2.52. The predicted molar refractivity (Wildman–Crippen MR) is 74.9 cm³/mol. The quantitative estimate of drug-likeness (QED) is 0.779. The van der Waals surface area contributed by atoms with Crippen molar-refractivity contribution >= 4 is 21.6 Å². The van der Waals surface area contributed by atoms with Gasteiger partial charge >= 0.3 is 6.18 Å². The first-order valence-electron chi connectivity index (χ1n) is 6.34. The molecule has 8 heteroatoms. The zero-order chi connectivity index (χ0) is 15.2. The molecule has 0 aromatic carbocycles. The number of aromatic nitrogens is 3. The van der Waals surface area contributed by atoms with Crippen LogP contribution in [0.2, 0.25) is 0 Å². The van der Waals surface area contributed by atoms with E-state index >= 15 is 0 Å². The molecule has 3 heterocycles. The molecule has 0 N–H and O–H groups in total. The van der Waals surface area contributed by atoms with Crippen molar-refractivity contribution in [2.75, 3.05) is 4.90 Å². The van der Waals surface area contributed by atoms with Gasteiger partial charge in [0.25, 0.3) is 0 Å². The van der Waals surface area contributed by atoms with Crippen LogP contribution in [-0.4, -0.2) is 26.8 Å². The number of halogens is 4. The molecule has 3 rings (SSSR count). The van der Waals surface area contributed by atoms with Crippen molar-refractivity contribution in [3.8, 4) is 0 Å². The number of nitrogens with zero attached hydrogens (tertiary/aromatic N) is 4. The molecule has 0 amide bonds. The second-order valence-corrected chi connectivity index (χ2v) is 5.86. The topological polar surface area (TPSA) is 34.0 Å². The van der Waals surface area contributed by atoms with E-state index < -0.39 is 18.3 Å². The van der Waals surface area contributed by atoms with E-state index in [-0.39, 0.29) is 6.54 Å². The summed E-state index contributed by atoms with van der Waals surface area (Å²) in [5, 5.41) is 0. The highest BCUT2D eigenvalue weighted by Gasteiger charge is 2.48. The van der Waals surface area contributed by atoms with Gasteiger partial charge in [0, 0.05) is 23.1 Å². The normalized spacial score (nSPS) is 22.2. The Morgan fingerprint density at radius 2 is 2.10 bits per heavy atom. The van der Waals surface area contributed by atoms with E-state index in [1.165, 1.54) is 17.3 Å². The Bertz CT molecular complexity index is 655. The van der Waals surface area contributed by atoms with Gasteiger partial charge < -0.3 is 9.47 Å². The lowest BCUT2D eigenvalue weighted by molar-refractivity contribution is -0.155. The molecule has 0 bridgehead atoms. The lowest BCUT2D eigenvalue weighted by Crippen LogP contribution is -2.53. The second-order valence-electron chi connectivity index (χ2n) is 4.94. The summed E-state index contributed by atoms with van der Waals surface area (Å²) in [6.45, 7) is 1.55. The molecular formula is C13H12BrF3N4. The Labute approximate surface area is 127 Å². The third-order valence-electron chi connectivity index (χ3n) is 3.61. The van der Waals surface area contributed by atoms with Crippen molar-refractivity contribution in [1.29, 1.82) is 0 Å². The first-order chi connectivity index (χ1) is 9.88. The van der Waals surface area contributed by atoms with Crippen molar-refractivity contribution in [2.24, 2.45) is 0 Å². The maximum Gasteiger partial charge on any atom is 0.410 e. The molecule has 112 valence electrons. The minimum atomic E-state index is -4.33. The van der Waals surface area contributed by atoms with Gasteiger partial charge in [0.15, 0.2) is 0 Å². The number of pyridine rings is 1. The van der Waals surface area contributed by atoms with E-state index in [0.29, 0.717) is 16.0 Å². The van der Waals surface area contributed by atoms with Crippen molar-refractivity contribution < 1.29 is 13.2 Å². The highest BCUT2D eigenvalue weighted by molar-refractivity contribution is 9.10. The van der Waals surface area contributed by atoms with Gasteiger partial charge in [0.2, 0.25) is 0 Å². The highest BCUT2D eigenvalue weighted by atomic mass is 79.9. The standard InChI is InChI=1S/C13H12BrF3N4/c1-8-12-19-2-3-20(12)7-11(13(15,16)17)21(8)10-4-9(14)5-18-6-10/h2-6,8,11H,7H2,1H3. The number of hydrogen-bond donors (Lipinski definition) is 0. The smallest absolute Gasteiger partial charge is 0.347 e. The largest absolute Gasteiger partial charge is 0.410 e. The maximum absolute atomic E-state index is 13.4. The molecule has 2 aromatic heterocycles. The number of alkyl halides is 3. The predicted octanol–water partition coefficient (Wildman–Crippen LogP) is 3.55. The molecule has 0 radical (unpaired) electrons.